The van der Waals surface area contributed by atoms with E-state index in [9.17, 15) is 9.59 Å². The van der Waals surface area contributed by atoms with E-state index in [1.165, 1.54) is 16.2 Å². The standard InChI is InChI=1S/C10H13NO3S/c1-3-11(4-2)10(13)14-9(12)8-6-5-7-15-8/h5-7H,3-4H2,1-2H3. The lowest BCUT2D eigenvalue weighted by Crippen LogP contribution is -2.32. The van der Waals surface area contributed by atoms with Gasteiger partial charge in [-0.25, -0.2) is 9.59 Å². The van der Waals surface area contributed by atoms with Crippen LogP contribution in [0.2, 0.25) is 0 Å². The molecule has 0 aliphatic heterocycles. The third kappa shape index (κ3) is 3.06. The van der Waals surface area contributed by atoms with Crippen molar-refractivity contribution >= 4 is 23.4 Å². The first-order valence-electron chi connectivity index (χ1n) is 4.73. The highest BCUT2D eigenvalue weighted by molar-refractivity contribution is 7.12. The molecule has 0 N–H and O–H groups in total. The first kappa shape index (κ1) is 11.7. The molecule has 0 fully saturated rings. The van der Waals surface area contributed by atoms with Crippen LogP contribution in [0.3, 0.4) is 0 Å². The SMILES string of the molecule is CCN(CC)C(=O)OC(=O)c1cccs1. The smallest absolute Gasteiger partial charge is 0.372 e. The number of hydrogen-bond donors (Lipinski definition) is 0. The summed E-state index contributed by atoms with van der Waals surface area (Å²) in [4.78, 5) is 24.7. The van der Waals surface area contributed by atoms with Gasteiger partial charge in [-0.2, -0.15) is 0 Å². The molecule has 0 spiro atoms. The quantitative estimate of drug-likeness (QED) is 0.588. The minimum Gasteiger partial charge on any atom is -0.372 e. The van der Waals surface area contributed by atoms with Crippen molar-refractivity contribution in [3.05, 3.63) is 22.4 Å². The van der Waals surface area contributed by atoms with Crippen LogP contribution in [0.5, 0.6) is 0 Å². The van der Waals surface area contributed by atoms with Crippen LogP contribution < -0.4 is 0 Å². The molecule has 0 saturated heterocycles. The molecule has 0 saturated carbocycles. The minimum absolute atomic E-state index is 0.440. The van der Waals surface area contributed by atoms with E-state index in [0.717, 1.165) is 0 Å². The monoisotopic (exact) mass is 227 g/mol. The molecule has 1 aromatic rings. The zero-order valence-electron chi connectivity index (χ0n) is 8.73. The van der Waals surface area contributed by atoms with E-state index in [1.54, 1.807) is 17.5 Å². The number of thiophene rings is 1. The molecule has 1 rings (SSSR count). The summed E-state index contributed by atoms with van der Waals surface area (Å²) >= 11 is 1.25. The molecule has 0 bridgehead atoms. The molecule has 0 atom stereocenters. The maximum absolute atomic E-state index is 11.4. The van der Waals surface area contributed by atoms with Crippen molar-refractivity contribution in [3.8, 4) is 0 Å². The Bertz CT molecular complexity index is 330. The lowest BCUT2D eigenvalue weighted by atomic mass is 10.5. The third-order valence-electron chi connectivity index (χ3n) is 1.92. The van der Waals surface area contributed by atoms with Gasteiger partial charge in [-0.3, -0.25) is 0 Å². The number of nitrogens with zero attached hydrogens (tertiary/aromatic N) is 1. The number of carbonyl (C=O) groups is 2. The summed E-state index contributed by atoms with van der Waals surface area (Å²) in [6.45, 7) is 4.74. The molecular formula is C10H13NO3S. The highest BCUT2D eigenvalue weighted by atomic mass is 32.1. The molecule has 0 radical (unpaired) electrons. The molecule has 15 heavy (non-hydrogen) atoms. The van der Waals surface area contributed by atoms with Gasteiger partial charge in [-0.15, -0.1) is 11.3 Å². The van der Waals surface area contributed by atoms with E-state index < -0.39 is 12.1 Å². The fourth-order valence-corrected chi connectivity index (χ4v) is 1.67. The van der Waals surface area contributed by atoms with Crippen LogP contribution in [0, 0.1) is 0 Å². The van der Waals surface area contributed by atoms with Gasteiger partial charge in [-0.1, -0.05) is 6.07 Å². The van der Waals surface area contributed by atoms with Crippen LogP contribution in [-0.2, 0) is 4.74 Å². The Kier molecular flexibility index (Phi) is 4.30. The van der Waals surface area contributed by atoms with E-state index in [2.05, 4.69) is 0 Å². The van der Waals surface area contributed by atoms with Gasteiger partial charge in [-0.05, 0) is 25.3 Å². The van der Waals surface area contributed by atoms with E-state index in [1.807, 2.05) is 13.8 Å². The molecule has 5 heteroatoms. The normalized spacial score (nSPS) is 9.73. The van der Waals surface area contributed by atoms with Gasteiger partial charge in [0.1, 0.15) is 4.88 Å². The van der Waals surface area contributed by atoms with Crippen LogP contribution in [0.4, 0.5) is 4.79 Å². The second kappa shape index (κ2) is 5.50. The predicted molar refractivity (Wildman–Crippen MR) is 58.1 cm³/mol. The van der Waals surface area contributed by atoms with Crippen LogP contribution in [-0.4, -0.2) is 30.1 Å². The van der Waals surface area contributed by atoms with Crippen molar-refractivity contribution in [2.75, 3.05) is 13.1 Å². The molecule has 0 unspecified atom stereocenters. The number of ether oxygens (including phenoxy) is 1. The van der Waals surface area contributed by atoms with E-state index in [4.69, 9.17) is 4.74 Å². The van der Waals surface area contributed by atoms with Crippen molar-refractivity contribution in [2.45, 2.75) is 13.8 Å². The summed E-state index contributed by atoms with van der Waals surface area (Å²) < 4.78 is 4.70. The number of amides is 1. The number of hydrogen-bond acceptors (Lipinski definition) is 4. The molecule has 82 valence electrons. The summed E-state index contributed by atoms with van der Waals surface area (Å²) in [7, 11) is 0. The van der Waals surface area contributed by atoms with E-state index >= 15 is 0 Å². The molecule has 1 aromatic heterocycles. The average Bonchev–Trinajstić information content (AvgIpc) is 2.72. The molecular weight excluding hydrogens is 214 g/mol. The first-order chi connectivity index (χ1) is 7.19. The second-order valence-electron chi connectivity index (χ2n) is 2.81. The topological polar surface area (TPSA) is 46.6 Å². The Hall–Kier alpha value is -1.36. The Morgan fingerprint density at radius 3 is 2.53 bits per heavy atom. The average molecular weight is 227 g/mol. The lowest BCUT2D eigenvalue weighted by molar-refractivity contribution is 0.0555. The van der Waals surface area contributed by atoms with E-state index in [-0.39, 0.29) is 0 Å². The molecule has 1 heterocycles. The summed E-state index contributed by atoms with van der Waals surface area (Å²) in [5, 5.41) is 1.76. The van der Waals surface area contributed by atoms with E-state index in [0.29, 0.717) is 18.0 Å². The van der Waals surface area contributed by atoms with Crippen molar-refractivity contribution in [3.63, 3.8) is 0 Å². The second-order valence-corrected chi connectivity index (χ2v) is 3.75. The highest BCUT2D eigenvalue weighted by Gasteiger charge is 2.17. The Balaban J connectivity index is 2.55. The maximum atomic E-state index is 11.4. The van der Waals surface area contributed by atoms with Crippen LogP contribution in [0.1, 0.15) is 23.5 Å². The molecule has 0 aromatic carbocycles. The zero-order chi connectivity index (χ0) is 11.3. The number of carbonyl (C=O) groups excluding carboxylic acids is 2. The summed E-state index contributed by atoms with van der Waals surface area (Å²) in [5.41, 5.74) is 0. The van der Waals surface area contributed by atoms with Crippen LogP contribution >= 0.6 is 11.3 Å². The van der Waals surface area contributed by atoms with Gasteiger partial charge in [0.2, 0.25) is 0 Å². The lowest BCUT2D eigenvalue weighted by Gasteiger charge is -2.16. The molecule has 0 aliphatic carbocycles. The van der Waals surface area contributed by atoms with Crippen LogP contribution in [0.25, 0.3) is 0 Å². The highest BCUT2D eigenvalue weighted by Crippen LogP contribution is 2.10. The van der Waals surface area contributed by atoms with Gasteiger partial charge in [0.25, 0.3) is 0 Å². The Morgan fingerprint density at radius 2 is 2.07 bits per heavy atom. The largest absolute Gasteiger partial charge is 0.417 e. The molecule has 4 nitrogen and oxygen atoms in total. The third-order valence-corrected chi connectivity index (χ3v) is 2.77. The summed E-state index contributed by atoms with van der Waals surface area (Å²) in [6, 6.07) is 3.37. The van der Waals surface area contributed by atoms with Crippen molar-refractivity contribution in [2.24, 2.45) is 0 Å². The predicted octanol–water partition coefficient (Wildman–Crippen LogP) is 2.37. The Morgan fingerprint density at radius 1 is 1.40 bits per heavy atom. The molecule has 0 aliphatic rings. The Labute approximate surface area is 92.5 Å². The van der Waals surface area contributed by atoms with Gasteiger partial charge in [0, 0.05) is 13.1 Å². The summed E-state index contributed by atoms with van der Waals surface area (Å²) in [5.74, 6) is -0.582. The summed E-state index contributed by atoms with van der Waals surface area (Å²) in [6.07, 6.45) is -0.585. The zero-order valence-corrected chi connectivity index (χ0v) is 9.54. The van der Waals surface area contributed by atoms with Crippen molar-refractivity contribution in [1.29, 1.82) is 0 Å². The van der Waals surface area contributed by atoms with Gasteiger partial charge < -0.3 is 9.64 Å². The van der Waals surface area contributed by atoms with Crippen molar-refractivity contribution < 1.29 is 14.3 Å². The van der Waals surface area contributed by atoms with Gasteiger partial charge in [0.05, 0.1) is 0 Å². The maximum Gasteiger partial charge on any atom is 0.417 e. The molecule has 1 amide bonds. The van der Waals surface area contributed by atoms with Crippen molar-refractivity contribution in [1.82, 2.24) is 4.90 Å². The fraction of sp³-hybridized carbons (Fsp3) is 0.400. The van der Waals surface area contributed by atoms with Gasteiger partial charge in [0.15, 0.2) is 0 Å². The van der Waals surface area contributed by atoms with Crippen LogP contribution in [0.15, 0.2) is 17.5 Å². The number of esters is 1. The van der Waals surface area contributed by atoms with Gasteiger partial charge >= 0.3 is 12.1 Å². The first-order valence-corrected chi connectivity index (χ1v) is 5.61. The minimum atomic E-state index is -0.585. The number of rotatable bonds is 3. The fourth-order valence-electron chi connectivity index (χ4n) is 1.07.